The highest BCUT2D eigenvalue weighted by molar-refractivity contribution is 6.32. The Morgan fingerprint density at radius 1 is 1.50 bits per heavy atom. The van der Waals surface area contributed by atoms with E-state index in [1.165, 1.54) is 7.11 Å². The van der Waals surface area contributed by atoms with Gasteiger partial charge in [-0.25, -0.2) is 4.79 Å². The second-order valence-electron chi connectivity index (χ2n) is 2.43. The molecule has 5 heteroatoms. The fourth-order valence-electron chi connectivity index (χ4n) is 0.795. The first-order chi connectivity index (χ1) is 6.74. The summed E-state index contributed by atoms with van der Waals surface area (Å²) in [7, 11) is 1.47. The molecule has 0 aliphatic carbocycles. The Hall–Kier alpha value is -1.26. The van der Waals surface area contributed by atoms with Crippen LogP contribution < -0.4 is 10.1 Å². The normalized spacial score (nSPS) is 9.57. The lowest BCUT2D eigenvalue weighted by Gasteiger charge is -2.06. The monoisotopic (exact) mass is 215 g/mol. The number of carbonyl (C=O) groups is 1. The second kappa shape index (κ2) is 5.47. The number of nitrogens with one attached hydrogen (secondary N) is 1. The molecule has 0 aliphatic heterocycles. The molecular weight excluding hydrogens is 206 g/mol. The third-order valence-electron chi connectivity index (χ3n) is 1.40. The van der Waals surface area contributed by atoms with Crippen molar-refractivity contribution in [3.63, 3.8) is 0 Å². The van der Waals surface area contributed by atoms with Gasteiger partial charge >= 0.3 is 6.09 Å². The molecule has 14 heavy (non-hydrogen) atoms. The van der Waals surface area contributed by atoms with Gasteiger partial charge in [-0.05, 0) is 12.1 Å². The van der Waals surface area contributed by atoms with E-state index in [2.05, 4.69) is 10.1 Å². The number of methoxy groups -OCH3 is 1. The Morgan fingerprint density at radius 3 is 2.86 bits per heavy atom. The van der Waals surface area contributed by atoms with Crippen LogP contribution in [0.3, 0.4) is 0 Å². The summed E-state index contributed by atoms with van der Waals surface area (Å²) in [4.78, 5) is 11.1. The molecule has 0 saturated carbocycles. The van der Waals surface area contributed by atoms with Gasteiger partial charge in [0.1, 0.15) is 6.73 Å². The highest BCUT2D eigenvalue weighted by Crippen LogP contribution is 2.22. The van der Waals surface area contributed by atoms with Gasteiger partial charge in [-0.15, -0.1) is 0 Å². The molecular formula is C9H10ClNO3. The summed E-state index contributed by atoms with van der Waals surface area (Å²) in [5.41, 5.74) is 0. The summed E-state index contributed by atoms with van der Waals surface area (Å²) in [5, 5.41) is 2.75. The average Bonchev–Trinajstić information content (AvgIpc) is 2.18. The van der Waals surface area contributed by atoms with Gasteiger partial charge in [-0.1, -0.05) is 23.7 Å². The van der Waals surface area contributed by atoms with Gasteiger partial charge in [0.15, 0.2) is 5.75 Å². The van der Waals surface area contributed by atoms with Crippen molar-refractivity contribution in [3.8, 4) is 5.75 Å². The topological polar surface area (TPSA) is 47.6 Å². The Morgan fingerprint density at radius 2 is 2.21 bits per heavy atom. The van der Waals surface area contributed by atoms with Crippen LogP contribution in [0.25, 0.3) is 0 Å². The maximum absolute atomic E-state index is 11.1. The molecule has 0 radical (unpaired) electrons. The number of rotatable bonds is 3. The van der Waals surface area contributed by atoms with Gasteiger partial charge in [0.25, 0.3) is 0 Å². The summed E-state index contributed by atoms with van der Waals surface area (Å²) < 4.78 is 9.52. The summed E-state index contributed by atoms with van der Waals surface area (Å²) >= 11 is 5.77. The Balaban J connectivity index is 2.52. The number of carbonyl (C=O) groups excluding carboxylic acids is 1. The van der Waals surface area contributed by atoms with E-state index in [1.54, 1.807) is 24.3 Å². The molecule has 1 aromatic carbocycles. The molecule has 0 fully saturated rings. The zero-order chi connectivity index (χ0) is 10.4. The minimum Gasteiger partial charge on any atom is -0.409 e. The van der Waals surface area contributed by atoms with Crippen molar-refractivity contribution in [2.24, 2.45) is 0 Å². The van der Waals surface area contributed by atoms with Crippen molar-refractivity contribution in [2.75, 3.05) is 13.8 Å². The fraction of sp³-hybridized carbons (Fsp3) is 0.222. The van der Waals surface area contributed by atoms with E-state index in [4.69, 9.17) is 16.3 Å². The van der Waals surface area contributed by atoms with Crippen molar-refractivity contribution in [3.05, 3.63) is 29.3 Å². The quantitative estimate of drug-likeness (QED) is 0.785. The maximum Gasteiger partial charge on any atom is 0.414 e. The van der Waals surface area contributed by atoms with Gasteiger partial charge < -0.3 is 9.47 Å². The molecule has 76 valence electrons. The highest BCUT2D eigenvalue weighted by Gasteiger charge is 2.05. The molecule has 1 N–H and O–H groups in total. The summed E-state index contributed by atoms with van der Waals surface area (Å²) in [5.74, 6) is 0.322. The predicted molar refractivity (Wildman–Crippen MR) is 52.5 cm³/mol. The van der Waals surface area contributed by atoms with Crippen LogP contribution in [0.1, 0.15) is 0 Å². The number of benzene rings is 1. The summed E-state index contributed by atoms with van der Waals surface area (Å²) in [6.45, 7) is 0.100. The third kappa shape index (κ3) is 3.24. The van der Waals surface area contributed by atoms with Crippen molar-refractivity contribution in [1.29, 1.82) is 0 Å². The van der Waals surface area contributed by atoms with E-state index in [1.807, 2.05) is 0 Å². The molecule has 0 aliphatic rings. The van der Waals surface area contributed by atoms with E-state index in [0.717, 1.165) is 0 Å². The van der Waals surface area contributed by atoms with Gasteiger partial charge in [0, 0.05) is 7.11 Å². The number of amides is 1. The number of hydrogen-bond acceptors (Lipinski definition) is 3. The first-order valence-electron chi connectivity index (χ1n) is 3.93. The molecule has 0 unspecified atom stereocenters. The molecule has 0 spiro atoms. The van der Waals surface area contributed by atoms with E-state index >= 15 is 0 Å². The van der Waals surface area contributed by atoms with Crippen molar-refractivity contribution in [1.82, 2.24) is 5.32 Å². The number of halogens is 1. The molecule has 0 saturated heterocycles. The maximum atomic E-state index is 11.1. The SMILES string of the molecule is COCNC(=O)Oc1ccccc1Cl. The van der Waals surface area contributed by atoms with Crippen LogP contribution in [0, 0.1) is 0 Å². The molecule has 1 amide bonds. The van der Waals surface area contributed by atoms with Gasteiger partial charge in [-0.3, -0.25) is 5.32 Å². The van der Waals surface area contributed by atoms with Crippen molar-refractivity contribution < 1.29 is 14.3 Å². The van der Waals surface area contributed by atoms with E-state index in [0.29, 0.717) is 10.8 Å². The zero-order valence-electron chi connectivity index (χ0n) is 7.62. The van der Waals surface area contributed by atoms with Crippen molar-refractivity contribution in [2.45, 2.75) is 0 Å². The van der Waals surface area contributed by atoms with Crippen LogP contribution in [0.15, 0.2) is 24.3 Å². The minimum atomic E-state index is -0.597. The first-order valence-corrected chi connectivity index (χ1v) is 4.31. The molecule has 0 heterocycles. The van der Waals surface area contributed by atoms with Crippen LogP contribution in [0.2, 0.25) is 5.02 Å². The fourth-order valence-corrected chi connectivity index (χ4v) is 0.969. The van der Waals surface area contributed by atoms with Gasteiger partial charge in [0.2, 0.25) is 0 Å². The lowest BCUT2D eigenvalue weighted by Crippen LogP contribution is -2.28. The smallest absolute Gasteiger partial charge is 0.409 e. The Kier molecular flexibility index (Phi) is 4.22. The Bertz CT molecular complexity index is 317. The Labute approximate surface area is 86.8 Å². The van der Waals surface area contributed by atoms with Crippen LogP contribution in [0.5, 0.6) is 5.75 Å². The standard InChI is InChI=1S/C9H10ClNO3/c1-13-6-11-9(12)14-8-5-3-2-4-7(8)10/h2-5H,6H2,1H3,(H,11,12). The predicted octanol–water partition coefficient (Wildman–Crippen LogP) is 2.03. The molecule has 1 rings (SSSR count). The van der Waals surface area contributed by atoms with Gasteiger partial charge in [0.05, 0.1) is 5.02 Å². The summed E-state index contributed by atoms with van der Waals surface area (Å²) in [6.07, 6.45) is -0.597. The van der Waals surface area contributed by atoms with E-state index < -0.39 is 6.09 Å². The molecule has 0 aromatic heterocycles. The molecule has 0 atom stereocenters. The summed E-state index contributed by atoms with van der Waals surface area (Å²) in [6, 6.07) is 6.72. The average molecular weight is 216 g/mol. The largest absolute Gasteiger partial charge is 0.414 e. The van der Waals surface area contributed by atoms with E-state index in [-0.39, 0.29) is 6.73 Å². The first kappa shape index (κ1) is 10.8. The zero-order valence-corrected chi connectivity index (χ0v) is 8.38. The van der Waals surface area contributed by atoms with Crippen LogP contribution in [-0.4, -0.2) is 19.9 Å². The number of ether oxygens (including phenoxy) is 2. The highest BCUT2D eigenvalue weighted by atomic mass is 35.5. The molecule has 0 bridgehead atoms. The van der Waals surface area contributed by atoms with Gasteiger partial charge in [-0.2, -0.15) is 0 Å². The van der Waals surface area contributed by atoms with E-state index in [9.17, 15) is 4.79 Å². The lowest BCUT2D eigenvalue weighted by molar-refractivity contribution is 0.153. The van der Waals surface area contributed by atoms with Crippen LogP contribution >= 0.6 is 11.6 Å². The lowest BCUT2D eigenvalue weighted by atomic mass is 10.3. The van der Waals surface area contributed by atoms with Crippen molar-refractivity contribution >= 4 is 17.7 Å². The molecule has 4 nitrogen and oxygen atoms in total. The van der Waals surface area contributed by atoms with Crippen LogP contribution in [0.4, 0.5) is 4.79 Å². The third-order valence-corrected chi connectivity index (χ3v) is 1.71. The van der Waals surface area contributed by atoms with Crippen LogP contribution in [-0.2, 0) is 4.74 Å². The second-order valence-corrected chi connectivity index (χ2v) is 2.84. The number of hydrogen-bond donors (Lipinski definition) is 1. The molecule has 1 aromatic rings. The minimum absolute atomic E-state index is 0.100. The number of para-hydroxylation sites is 1.